The van der Waals surface area contributed by atoms with Crippen LogP contribution in [-0.2, 0) is 25.6 Å². The lowest BCUT2D eigenvalue weighted by atomic mass is 9.94. The smallest absolute Gasteiger partial charge is 0.253 e. The zero-order chi connectivity index (χ0) is 38.4. The molecule has 0 atom stereocenters. The monoisotopic (exact) mass is 767 g/mol. The van der Waals surface area contributed by atoms with Crippen LogP contribution in [0.1, 0.15) is 82.9 Å². The van der Waals surface area contributed by atoms with E-state index < -0.39 is 0 Å². The zero-order valence-corrected chi connectivity index (χ0v) is 33.6. The molecule has 6 rings (SSSR count). The van der Waals surface area contributed by atoms with E-state index in [9.17, 15) is 14.4 Å². The van der Waals surface area contributed by atoms with Crippen molar-refractivity contribution >= 4 is 52.0 Å². The molecule has 2 aliphatic heterocycles. The molecule has 3 aromatic rings. The molecule has 288 valence electrons. The summed E-state index contributed by atoms with van der Waals surface area (Å²) in [5, 5.41) is 3.63. The number of hydrogen-bond donors (Lipinski definition) is 1. The third-order valence-corrected chi connectivity index (χ3v) is 10.9. The van der Waals surface area contributed by atoms with Crippen LogP contribution in [0.3, 0.4) is 0 Å². The summed E-state index contributed by atoms with van der Waals surface area (Å²) in [6.45, 7) is 8.66. The number of nitrogens with one attached hydrogen (secondary N) is 1. The van der Waals surface area contributed by atoms with Crippen LogP contribution in [0.25, 0.3) is 6.08 Å². The van der Waals surface area contributed by atoms with Crippen LogP contribution >= 0.6 is 23.1 Å². The number of benzene rings is 1. The summed E-state index contributed by atoms with van der Waals surface area (Å²) in [7, 11) is 6.66. The number of thioether (sulfide) groups is 1. The van der Waals surface area contributed by atoms with E-state index in [1.807, 2.05) is 0 Å². The van der Waals surface area contributed by atoms with Gasteiger partial charge in [-0.25, -0.2) is 9.97 Å². The van der Waals surface area contributed by atoms with Crippen molar-refractivity contribution in [3.05, 3.63) is 60.0 Å². The average Bonchev–Trinajstić information content (AvgIpc) is 3.79. The second-order valence-electron chi connectivity index (χ2n) is 13.9. The summed E-state index contributed by atoms with van der Waals surface area (Å²) in [6.07, 6.45) is 18.2. The normalized spacial score (nSPS) is 16.2. The lowest BCUT2D eigenvalue weighted by Gasteiger charge is -2.27. The molecule has 14 heteroatoms. The molecule has 3 amide bonds. The van der Waals surface area contributed by atoms with Crippen LogP contribution in [0.5, 0.6) is 17.2 Å². The highest BCUT2D eigenvalue weighted by molar-refractivity contribution is 8.00. The number of methoxy groups -OCH3 is 3. The minimum absolute atomic E-state index is 0.0359. The van der Waals surface area contributed by atoms with E-state index >= 15 is 0 Å². The summed E-state index contributed by atoms with van der Waals surface area (Å²) >= 11 is 3.12. The number of carbonyl (C=O) groups excluding carboxylic acids is 3. The maximum absolute atomic E-state index is 12.4. The number of rotatable bonds is 10. The van der Waals surface area contributed by atoms with Crippen molar-refractivity contribution < 1.29 is 33.0 Å². The molecule has 12 nitrogen and oxygen atoms in total. The molecule has 4 heterocycles. The Hall–Kier alpha value is -4.14. The first-order valence-electron chi connectivity index (χ1n) is 17.9. The van der Waals surface area contributed by atoms with Gasteiger partial charge in [0.2, 0.25) is 17.5 Å². The van der Waals surface area contributed by atoms with Gasteiger partial charge < -0.3 is 28.8 Å². The Bertz CT molecular complexity index is 1690. The molecule has 0 radical (unpaired) electrons. The van der Waals surface area contributed by atoms with Gasteiger partial charge in [0.25, 0.3) is 11.8 Å². The Kier molecular flexibility index (Phi) is 16.0. The second kappa shape index (κ2) is 20.4. The van der Waals surface area contributed by atoms with Crippen molar-refractivity contribution in [1.82, 2.24) is 19.8 Å². The molecule has 2 fully saturated rings. The minimum atomic E-state index is -0.354. The fourth-order valence-corrected chi connectivity index (χ4v) is 6.96. The summed E-state index contributed by atoms with van der Waals surface area (Å²) in [5.74, 6) is 3.26. The lowest BCUT2D eigenvalue weighted by Crippen LogP contribution is -2.37. The van der Waals surface area contributed by atoms with Crippen molar-refractivity contribution in [2.75, 3.05) is 53.3 Å². The van der Waals surface area contributed by atoms with Crippen molar-refractivity contribution in [3.63, 3.8) is 0 Å². The van der Waals surface area contributed by atoms with E-state index in [4.69, 9.17) is 18.6 Å². The number of piperidine rings is 1. The van der Waals surface area contributed by atoms with Gasteiger partial charge >= 0.3 is 0 Å². The zero-order valence-electron chi connectivity index (χ0n) is 31.9. The van der Waals surface area contributed by atoms with E-state index in [2.05, 4.69) is 48.0 Å². The number of hydrogen-bond acceptors (Lipinski definition) is 12. The molecule has 3 aliphatic rings. The Balaban J connectivity index is 0.000000215. The van der Waals surface area contributed by atoms with Gasteiger partial charge in [0.1, 0.15) is 5.76 Å². The highest BCUT2D eigenvalue weighted by Crippen LogP contribution is 2.38. The highest BCUT2D eigenvalue weighted by Gasteiger charge is 2.24. The molecular weight excluding hydrogens is 715 g/mol. The lowest BCUT2D eigenvalue weighted by molar-refractivity contribution is -0.139. The van der Waals surface area contributed by atoms with Crippen LogP contribution in [0.15, 0.2) is 51.4 Å². The molecule has 1 saturated heterocycles. The number of anilines is 1. The molecule has 1 saturated carbocycles. The molecule has 0 spiro atoms. The largest absolute Gasteiger partial charge is 0.493 e. The van der Waals surface area contributed by atoms with Gasteiger partial charge in [0.15, 0.2) is 16.6 Å². The standard InChI is InChI=1S/C18H26N4O2S2.C17H19NO5.C4H8/c1-18(2,3)13-9-19-14(24-13)11-25-15-10-20-17(26-15)21-16(23)12-5-7-22(4)8-6-12;1-21-13-10-12(11-14(22-2)17(13)23-3)7-8-16(20)18-9-5-4-6-15(18)19;1-2-4-3-1/h9-10,12H,5-8,11H2,1-4H3,(H,20,21,23);4,6-8,10-11H,5,9H2,1-3H3;1-4H2/b;8-7+;. The van der Waals surface area contributed by atoms with Crippen molar-refractivity contribution in [3.8, 4) is 17.2 Å². The van der Waals surface area contributed by atoms with Gasteiger partial charge in [-0.2, -0.15) is 0 Å². The third-order valence-electron chi connectivity index (χ3n) is 8.85. The van der Waals surface area contributed by atoms with Gasteiger partial charge in [-0.1, -0.05) is 63.9 Å². The molecule has 1 aliphatic carbocycles. The number of imide groups is 1. The van der Waals surface area contributed by atoms with Crippen molar-refractivity contribution in [2.45, 2.75) is 81.1 Å². The fourth-order valence-electron chi connectivity index (χ4n) is 5.23. The third kappa shape index (κ3) is 12.7. The van der Waals surface area contributed by atoms with Gasteiger partial charge in [-0.05, 0) is 69.2 Å². The molecule has 1 aromatic carbocycles. The number of ether oxygens (including phenoxy) is 3. The number of nitrogens with zero attached hydrogens (tertiary/aromatic N) is 4. The molecule has 1 N–H and O–H groups in total. The summed E-state index contributed by atoms with van der Waals surface area (Å²) < 4.78 is 22.6. The topological polar surface area (TPSA) is 136 Å². The first-order valence-corrected chi connectivity index (χ1v) is 19.7. The maximum Gasteiger partial charge on any atom is 0.253 e. The summed E-state index contributed by atoms with van der Waals surface area (Å²) in [5.41, 5.74) is 0.666. The number of oxazole rings is 1. The Labute approximate surface area is 321 Å². The first-order chi connectivity index (χ1) is 25.4. The number of amides is 3. The first kappa shape index (κ1) is 41.6. The SMILES string of the molecule is C1CCC1.CN1CCC(C(=O)Nc2ncc(SCc3ncc(C(C)(C)C)o3)s2)CC1.COc1cc(/C=C/C(=O)N2CCC=CC2=O)cc(OC)c1OC. The van der Waals surface area contributed by atoms with E-state index in [1.165, 1.54) is 75.4 Å². The van der Waals surface area contributed by atoms with Crippen LogP contribution in [0.2, 0.25) is 0 Å². The minimum Gasteiger partial charge on any atom is -0.493 e. The van der Waals surface area contributed by atoms with Gasteiger partial charge in [-0.15, -0.1) is 11.8 Å². The van der Waals surface area contributed by atoms with Crippen LogP contribution < -0.4 is 19.5 Å². The Morgan fingerprint density at radius 3 is 2.21 bits per heavy atom. The van der Waals surface area contributed by atoms with E-state index in [1.54, 1.807) is 48.4 Å². The van der Waals surface area contributed by atoms with Gasteiger partial charge in [0.05, 0.1) is 43.7 Å². The second-order valence-corrected chi connectivity index (χ2v) is 16.2. The van der Waals surface area contributed by atoms with Gasteiger partial charge in [0, 0.05) is 24.0 Å². The number of thiazole rings is 1. The number of likely N-dealkylation sites (tertiary alicyclic amines) is 1. The highest BCUT2D eigenvalue weighted by atomic mass is 32.2. The number of aromatic nitrogens is 2. The van der Waals surface area contributed by atoms with E-state index in [0.717, 1.165) is 35.9 Å². The quantitative estimate of drug-likeness (QED) is 0.161. The van der Waals surface area contributed by atoms with E-state index in [0.29, 0.717) is 52.6 Å². The summed E-state index contributed by atoms with van der Waals surface area (Å²) in [6, 6.07) is 3.45. The maximum atomic E-state index is 12.4. The molecule has 2 aromatic heterocycles. The molecular formula is C39H53N5O7S2. The number of carbonyl (C=O) groups is 3. The van der Waals surface area contributed by atoms with Crippen LogP contribution in [0, 0.1) is 5.92 Å². The Morgan fingerprint density at radius 1 is 1.00 bits per heavy atom. The Morgan fingerprint density at radius 2 is 1.66 bits per heavy atom. The van der Waals surface area contributed by atoms with Gasteiger partial charge in [-0.3, -0.25) is 19.3 Å². The predicted octanol–water partition coefficient (Wildman–Crippen LogP) is 7.60. The van der Waals surface area contributed by atoms with Crippen LogP contribution in [-0.4, -0.2) is 85.5 Å². The molecule has 0 bridgehead atoms. The van der Waals surface area contributed by atoms with E-state index in [-0.39, 0.29) is 29.1 Å². The molecule has 53 heavy (non-hydrogen) atoms. The van der Waals surface area contributed by atoms with Crippen molar-refractivity contribution in [1.29, 1.82) is 0 Å². The average molecular weight is 768 g/mol. The van der Waals surface area contributed by atoms with Crippen molar-refractivity contribution in [2.24, 2.45) is 5.92 Å². The molecule has 0 unspecified atom stereocenters. The predicted molar refractivity (Wildman–Crippen MR) is 210 cm³/mol. The van der Waals surface area contributed by atoms with Crippen LogP contribution in [0.4, 0.5) is 5.13 Å². The fraction of sp³-hybridized carbons (Fsp3) is 0.513. The summed E-state index contributed by atoms with van der Waals surface area (Å²) in [4.78, 5) is 48.3.